The first-order valence-electron chi connectivity index (χ1n) is 5.43. The third-order valence-electron chi connectivity index (χ3n) is 2.40. The number of hydrogen-bond donors (Lipinski definition) is 2. The molecular formula is C12H16FNO3. The topological polar surface area (TPSA) is 60.8 Å². The maximum Gasteiger partial charge on any atom is 0.306 e. The lowest BCUT2D eigenvalue weighted by molar-refractivity contribution is -0.139. The van der Waals surface area contributed by atoms with Gasteiger partial charge in [0.1, 0.15) is 5.82 Å². The van der Waals surface area contributed by atoms with Crippen LogP contribution in [0.25, 0.3) is 0 Å². The van der Waals surface area contributed by atoms with Gasteiger partial charge in [-0.1, -0.05) is 6.07 Å². The summed E-state index contributed by atoms with van der Waals surface area (Å²) in [5, 5.41) is 18.1. The number of likely N-dealkylation sites (N-methyl/N-ethyl adjacent to an activating group) is 1. The molecule has 4 nitrogen and oxygen atoms in total. The summed E-state index contributed by atoms with van der Waals surface area (Å²) in [5.41, 5.74) is 0.636. The summed E-state index contributed by atoms with van der Waals surface area (Å²) >= 11 is 0. The van der Waals surface area contributed by atoms with Crippen molar-refractivity contribution >= 4 is 11.7 Å². The van der Waals surface area contributed by atoms with Crippen molar-refractivity contribution in [3.8, 4) is 0 Å². The van der Waals surface area contributed by atoms with Crippen molar-refractivity contribution in [1.82, 2.24) is 0 Å². The second-order valence-corrected chi connectivity index (χ2v) is 3.77. The number of anilines is 1. The van der Waals surface area contributed by atoms with Gasteiger partial charge in [0.15, 0.2) is 0 Å². The Bertz CT molecular complexity index is 384. The molecule has 1 aromatic carbocycles. The second kappa shape index (κ2) is 6.20. The number of rotatable bonds is 6. The van der Waals surface area contributed by atoms with Gasteiger partial charge in [-0.15, -0.1) is 0 Å². The van der Waals surface area contributed by atoms with Gasteiger partial charge in [-0.05, 0) is 25.1 Å². The molecule has 0 amide bonds. The molecule has 1 rings (SSSR count). The molecule has 0 aliphatic rings. The van der Waals surface area contributed by atoms with Crippen LogP contribution in [0.1, 0.15) is 13.3 Å². The summed E-state index contributed by atoms with van der Waals surface area (Å²) in [6.07, 6.45) is -1.28. The summed E-state index contributed by atoms with van der Waals surface area (Å²) in [6, 6.07) is 6.00. The smallest absolute Gasteiger partial charge is 0.306 e. The highest BCUT2D eigenvalue weighted by Gasteiger charge is 2.14. The zero-order chi connectivity index (χ0) is 12.8. The molecule has 2 N–H and O–H groups in total. The number of carboxylic acid groups (broad SMARTS) is 1. The first kappa shape index (κ1) is 13.4. The van der Waals surface area contributed by atoms with Gasteiger partial charge in [-0.3, -0.25) is 4.79 Å². The van der Waals surface area contributed by atoms with E-state index < -0.39 is 12.1 Å². The number of aliphatic carboxylic acids is 1. The fourth-order valence-electron chi connectivity index (χ4n) is 1.61. The zero-order valence-electron chi connectivity index (χ0n) is 9.64. The minimum Gasteiger partial charge on any atom is -0.481 e. The number of halogens is 1. The van der Waals surface area contributed by atoms with E-state index in [2.05, 4.69) is 0 Å². The highest BCUT2D eigenvalue weighted by Crippen LogP contribution is 2.16. The molecule has 1 unspecified atom stereocenters. The average molecular weight is 241 g/mol. The van der Waals surface area contributed by atoms with E-state index >= 15 is 0 Å². The summed E-state index contributed by atoms with van der Waals surface area (Å²) < 4.78 is 13.0. The van der Waals surface area contributed by atoms with Crippen LogP contribution in [-0.4, -0.2) is 35.4 Å². The summed E-state index contributed by atoms with van der Waals surface area (Å²) in [5.74, 6) is -1.40. The van der Waals surface area contributed by atoms with Crippen molar-refractivity contribution < 1.29 is 19.4 Å². The molecule has 94 valence electrons. The van der Waals surface area contributed by atoms with Gasteiger partial charge in [0, 0.05) is 18.8 Å². The third kappa shape index (κ3) is 4.40. The Morgan fingerprint density at radius 2 is 2.24 bits per heavy atom. The van der Waals surface area contributed by atoms with Crippen LogP contribution in [0.5, 0.6) is 0 Å². The first-order chi connectivity index (χ1) is 8.02. The van der Waals surface area contributed by atoms with E-state index in [4.69, 9.17) is 5.11 Å². The molecule has 0 fully saturated rings. The van der Waals surface area contributed by atoms with Gasteiger partial charge in [0.2, 0.25) is 0 Å². The first-order valence-corrected chi connectivity index (χ1v) is 5.43. The van der Waals surface area contributed by atoms with Crippen LogP contribution in [-0.2, 0) is 4.79 Å². The SMILES string of the molecule is CCN(CC(O)CC(=O)O)c1cccc(F)c1. The molecule has 0 bridgehead atoms. The number of nitrogens with zero attached hydrogens (tertiary/aromatic N) is 1. The monoisotopic (exact) mass is 241 g/mol. The number of hydrogen-bond acceptors (Lipinski definition) is 3. The van der Waals surface area contributed by atoms with E-state index in [-0.39, 0.29) is 18.8 Å². The molecule has 5 heteroatoms. The lowest BCUT2D eigenvalue weighted by Gasteiger charge is -2.25. The predicted octanol–water partition coefficient (Wildman–Crippen LogP) is 1.49. The molecule has 0 aliphatic heterocycles. The molecule has 0 saturated heterocycles. The van der Waals surface area contributed by atoms with Gasteiger partial charge in [0.05, 0.1) is 12.5 Å². The maximum absolute atomic E-state index is 13.0. The quantitative estimate of drug-likeness (QED) is 0.792. The normalized spacial score (nSPS) is 12.2. The largest absolute Gasteiger partial charge is 0.481 e. The van der Waals surface area contributed by atoms with Crippen LogP contribution in [0.15, 0.2) is 24.3 Å². The Kier molecular flexibility index (Phi) is 4.90. The molecule has 0 saturated carbocycles. The van der Waals surface area contributed by atoms with E-state index in [1.54, 1.807) is 17.0 Å². The Morgan fingerprint density at radius 1 is 1.53 bits per heavy atom. The minimum absolute atomic E-state index is 0.173. The Hall–Kier alpha value is -1.62. The lowest BCUT2D eigenvalue weighted by Crippen LogP contribution is -2.33. The molecule has 17 heavy (non-hydrogen) atoms. The van der Waals surface area contributed by atoms with Crippen molar-refractivity contribution in [2.75, 3.05) is 18.0 Å². The van der Waals surface area contributed by atoms with E-state index in [1.165, 1.54) is 12.1 Å². The molecule has 0 aromatic heterocycles. The van der Waals surface area contributed by atoms with Crippen molar-refractivity contribution in [3.05, 3.63) is 30.1 Å². The van der Waals surface area contributed by atoms with Crippen LogP contribution >= 0.6 is 0 Å². The summed E-state index contributed by atoms with van der Waals surface area (Å²) in [6.45, 7) is 2.60. The van der Waals surface area contributed by atoms with Gasteiger partial charge in [-0.25, -0.2) is 4.39 Å². The molecule has 0 radical (unpaired) electrons. The predicted molar refractivity (Wildman–Crippen MR) is 62.5 cm³/mol. The number of benzene rings is 1. The van der Waals surface area contributed by atoms with E-state index in [9.17, 15) is 14.3 Å². The maximum atomic E-state index is 13.0. The van der Waals surface area contributed by atoms with Crippen LogP contribution in [0, 0.1) is 5.82 Å². The van der Waals surface area contributed by atoms with Gasteiger partial charge in [0.25, 0.3) is 0 Å². The van der Waals surface area contributed by atoms with Crippen molar-refractivity contribution in [2.45, 2.75) is 19.4 Å². The fourth-order valence-corrected chi connectivity index (χ4v) is 1.61. The lowest BCUT2D eigenvalue weighted by atomic mass is 10.2. The Balaban J connectivity index is 2.68. The summed E-state index contributed by atoms with van der Waals surface area (Å²) in [4.78, 5) is 12.2. The van der Waals surface area contributed by atoms with Gasteiger partial charge >= 0.3 is 5.97 Å². The molecule has 1 atom stereocenters. The summed E-state index contributed by atoms with van der Waals surface area (Å²) in [7, 11) is 0. The van der Waals surface area contributed by atoms with Crippen molar-refractivity contribution in [2.24, 2.45) is 0 Å². The van der Waals surface area contributed by atoms with Crippen LogP contribution in [0.4, 0.5) is 10.1 Å². The average Bonchev–Trinajstić information content (AvgIpc) is 2.24. The highest BCUT2D eigenvalue weighted by atomic mass is 19.1. The molecular weight excluding hydrogens is 225 g/mol. The van der Waals surface area contributed by atoms with Crippen molar-refractivity contribution in [1.29, 1.82) is 0 Å². The minimum atomic E-state index is -1.05. The third-order valence-corrected chi connectivity index (χ3v) is 2.40. The fraction of sp³-hybridized carbons (Fsp3) is 0.417. The molecule has 0 spiro atoms. The number of aliphatic hydroxyl groups is 1. The second-order valence-electron chi connectivity index (χ2n) is 3.77. The standard InChI is InChI=1S/C12H16FNO3/c1-2-14(8-11(15)7-12(16)17)10-5-3-4-9(13)6-10/h3-6,11,15H,2,7-8H2,1H3,(H,16,17). The highest BCUT2D eigenvalue weighted by molar-refractivity contribution is 5.67. The van der Waals surface area contributed by atoms with Gasteiger partial charge in [-0.2, -0.15) is 0 Å². The van der Waals surface area contributed by atoms with Crippen LogP contribution < -0.4 is 4.90 Å². The van der Waals surface area contributed by atoms with Crippen LogP contribution in [0.3, 0.4) is 0 Å². The molecule has 1 aromatic rings. The van der Waals surface area contributed by atoms with Crippen LogP contribution in [0.2, 0.25) is 0 Å². The zero-order valence-corrected chi connectivity index (χ0v) is 9.64. The van der Waals surface area contributed by atoms with E-state index in [1.807, 2.05) is 6.92 Å². The molecule has 0 heterocycles. The molecule has 0 aliphatic carbocycles. The Morgan fingerprint density at radius 3 is 2.76 bits per heavy atom. The van der Waals surface area contributed by atoms with Gasteiger partial charge < -0.3 is 15.1 Å². The number of aliphatic hydroxyl groups excluding tert-OH is 1. The number of carboxylic acids is 1. The van der Waals surface area contributed by atoms with Crippen molar-refractivity contribution in [3.63, 3.8) is 0 Å². The number of carbonyl (C=O) groups is 1. The Labute approximate surface area is 99.3 Å². The van der Waals surface area contributed by atoms with E-state index in [0.29, 0.717) is 12.2 Å². The van der Waals surface area contributed by atoms with E-state index in [0.717, 1.165) is 0 Å².